The molecule has 0 saturated heterocycles. The first kappa shape index (κ1) is 30.5. The molecule has 0 amide bonds. The van der Waals surface area contributed by atoms with Gasteiger partial charge in [0.15, 0.2) is 0 Å². The van der Waals surface area contributed by atoms with Crippen molar-refractivity contribution in [1.29, 1.82) is 0 Å². The Hall–Kier alpha value is -5.88. The first-order chi connectivity index (χ1) is 23.8. The summed E-state index contributed by atoms with van der Waals surface area (Å²) in [4.78, 5) is 0. The molecule has 6 nitrogen and oxygen atoms in total. The summed E-state index contributed by atoms with van der Waals surface area (Å²) in [6.07, 6.45) is 0.733. The zero-order valence-corrected chi connectivity index (χ0v) is 28.2. The molecule has 0 saturated carbocycles. The Morgan fingerprint density at radius 1 is 0.449 bits per heavy atom. The van der Waals surface area contributed by atoms with Crippen LogP contribution in [0.25, 0.3) is 33.4 Å². The van der Waals surface area contributed by atoms with Crippen molar-refractivity contribution in [2.75, 3.05) is 0 Å². The molecule has 0 fully saturated rings. The number of rotatable bonds is 8. The average Bonchev–Trinajstić information content (AvgIpc) is 3.77. The Bertz CT molecular complexity index is 2250. The number of fused-ring (bicyclic) bond motifs is 2. The van der Waals surface area contributed by atoms with Crippen LogP contribution in [-0.2, 0) is 17.3 Å². The fourth-order valence-corrected chi connectivity index (χ4v) is 7.13. The number of aromatic nitrogens is 6. The van der Waals surface area contributed by atoms with E-state index in [-0.39, 0.29) is 10.8 Å². The zero-order chi connectivity index (χ0) is 33.6. The van der Waals surface area contributed by atoms with Crippen molar-refractivity contribution < 1.29 is 0 Å². The van der Waals surface area contributed by atoms with Gasteiger partial charge >= 0.3 is 0 Å². The third kappa shape index (κ3) is 5.39. The fraction of sp³-hybridized carbons (Fsp3) is 0.163. The third-order valence-electron chi connectivity index (χ3n) is 10.0. The molecule has 0 N–H and O–H groups in total. The molecular formula is C43H38N6. The van der Waals surface area contributed by atoms with E-state index in [0.717, 1.165) is 39.9 Å². The van der Waals surface area contributed by atoms with E-state index in [2.05, 4.69) is 158 Å². The van der Waals surface area contributed by atoms with Gasteiger partial charge in [0.1, 0.15) is 11.0 Å². The SMILES string of the molecule is CC(C)(c1ccccc1)c1ccc(Cc2ccc(C(C)(C)c3ccccc3)c(-n3nnc4ccccc43)c2)cc1-n1nnc2ccccc21. The van der Waals surface area contributed by atoms with Crippen LogP contribution in [0.1, 0.15) is 61.1 Å². The zero-order valence-electron chi connectivity index (χ0n) is 28.2. The van der Waals surface area contributed by atoms with Crippen LogP contribution in [0.2, 0.25) is 0 Å². The van der Waals surface area contributed by atoms with Gasteiger partial charge in [-0.05, 0) is 76.2 Å². The van der Waals surface area contributed by atoms with Gasteiger partial charge in [-0.1, -0.05) is 147 Å². The van der Waals surface area contributed by atoms with Crippen molar-refractivity contribution in [3.63, 3.8) is 0 Å². The summed E-state index contributed by atoms with van der Waals surface area (Å²) in [5, 5.41) is 18.4. The van der Waals surface area contributed by atoms with Crippen LogP contribution >= 0.6 is 0 Å². The molecule has 0 aliphatic heterocycles. The summed E-state index contributed by atoms with van der Waals surface area (Å²) in [7, 11) is 0. The molecule has 0 aliphatic carbocycles. The number of nitrogens with zero attached hydrogens (tertiary/aromatic N) is 6. The Balaban J connectivity index is 1.26. The van der Waals surface area contributed by atoms with Gasteiger partial charge in [-0.15, -0.1) is 10.2 Å². The summed E-state index contributed by atoms with van der Waals surface area (Å²) >= 11 is 0. The van der Waals surface area contributed by atoms with E-state index in [1.54, 1.807) is 0 Å². The molecule has 0 atom stereocenters. The van der Waals surface area contributed by atoms with Crippen LogP contribution in [0.3, 0.4) is 0 Å². The topological polar surface area (TPSA) is 61.4 Å². The van der Waals surface area contributed by atoms with Crippen molar-refractivity contribution in [3.8, 4) is 11.4 Å². The van der Waals surface area contributed by atoms with Crippen LogP contribution < -0.4 is 0 Å². The minimum atomic E-state index is -0.270. The quantitative estimate of drug-likeness (QED) is 0.166. The first-order valence-electron chi connectivity index (χ1n) is 16.8. The van der Waals surface area contributed by atoms with E-state index in [1.165, 1.54) is 33.4 Å². The highest BCUT2D eigenvalue weighted by Crippen LogP contribution is 2.39. The van der Waals surface area contributed by atoms with Crippen molar-refractivity contribution in [3.05, 3.63) is 179 Å². The van der Waals surface area contributed by atoms with E-state index < -0.39 is 0 Å². The largest absolute Gasteiger partial charge is 0.213 e. The molecule has 2 heterocycles. The van der Waals surface area contributed by atoms with Crippen molar-refractivity contribution in [1.82, 2.24) is 30.0 Å². The van der Waals surface area contributed by atoms with E-state index in [9.17, 15) is 0 Å². The smallest absolute Gasteiger partial charge is 0.113 e. The van der Waals surface area contributed by atoms with Crippen LogP contribution in [0.5, 0.6) is 0 Å². The van der Waals surface area contributed by atoms with Gasteiger partial charge in [-0.25, -0.2) is 9.36 Å². The van der Waals surface area contributed by atoms with Gasteiger partial charge in [0.2, 0.25) is 0 Å². The predicted octanol–water partition coefficient (Wildman–Crippen LogP) is 9.40. The lowest BCUT2D eigenvalue weighted by Gasteiger charge is -2.29. The number of benzene rings is 6. The minimum absolute atomic E-state index is 0.270. The van der Waals surface area contributed by atoms with Crippen LogP contribution in [0.15, 0.2) is 146 Å². The molecular weight excluding hydrogens is 601 g/mol. The lowest BCUT2D eigenvalue weighted by atomic mass is 9.76. The second kappa shape index (κ2) is 12.0. The lowest BCUT2D eigenvalue weighted by molar-refractivity contribution is 0.629. The molecule has 240 valence electrons. The molecule has 2 aromatic heterocycles. The van der Waals surface area contributed by atoms with Crippen LogP contribution in [0, 0.1) is 0 Å². The Kier molecular flexibility index (Phi) is 7.44. The molecule has 0 radical (unpaired) electrons. The summed E-state index contributed by atoms with van der Waals surface area (Å²) < 4.78 is 3.99. The maximum absolute atomic E-state index is 4.67. The van der Waals surface area contributed by atoms with Gasteiger partial charge in [0, 0.05) is 10.8 Å². The number of hydrogen-bond acceptors (Lipinski definition) is 4. The van der Waals surface area contributed by atoms with Gasteiger partial charge < -0.3 is 0 Å². The summed E-state index contributed by atoms with van der Waals surface area (Å²) in [5.41, 5.74) is 12.5. The highest BCUT2D eigenvalue weighted by molar-refractivity contribution is 5.77. The van der Waals surface area contributed by atoms with Gasteiger partial charge in [-0.2, -0.15) is 0 Å². The standard InChI is InChI=1S/C43H38N6/c1-42(2,32-15-7-5-8-16-32)34-25-23-30(28-40(34)48-38-21-13-11-19-36(38)44-46-48)27-31-24-26-35(43(3,4)33-17-9-6-10-18-33)41(29-31)49-39-22-14-12-20-37(39)45-47-49/h5-26,28-29H,27H2,1-4H3. The Morgan fingerprint density at radius 2 is 0.837 bits per heavy atom. The van der Waals surface area contributed by atoms with Gasteiger partial charge in [-0.3, -0.25) is 0 Å². The van der Waals surface area contributed by atoms with Crippen molar-refractivity contribution in [2.45, 2.75) is 44.9 Å². The second-order valence-electron chi connectivity index (χ2n) is 13.8. The maximum Gasteiger partial charge on any atom is 0.113 e. The van der Waals surface area contributed by atoms with Crippen molar-refractivity contribution in [2.24, 2.45) is 0 Å². The number of hydrogen-bond donors (Lipinski definition) is 0. The summed E-state index contributed by atoms with van der Waals surface area (Å²) in [6, 6.07) is 51.3. The van der Waals surface area contributed by atoms with Crippen LogP contribution in [-0.4, -0.2) is 30.0 Å². The highest BCUT2D eigenvalue weighted by Gasteiger charge is 2.29. The molecule has 0 aliphatic rings. The summed E-state index contributed by atoms with van der Waals surface area (Å²) in [5.74, 6) is 0. The molecule has 6 heteroatoms. The molecule has 0 unspecified atom stereocenters. The average molecular weight is 639 g/mol. The molecule has 8 rings (SSSR count). The van der Waals surface area contributed by atoms with Gasteiger partial charge in [0.25, 0.3) is 0 Å². The van der Waals surface area contributed by atoms with Crippen LogP contribution in [0.4, 0.5) is 0 Å². The molecule has 6 aromatic carbocycles. The predicted molar refractivity (Wildman–Crippen MR) is 198 cm³/mol. The molecule has 49 heavy (non-hydrogen) atoms. The number of para-hydroxylation sites is 2. The molecule has 0 bridgehead atoms. The Labute approximate surface area is 286 Å². The second-order valence-corrected chi connectivity index (χ2v) is 13.8. The normalized spacial score (nSPS) is 12.2. The third-order valence-corrected chi connectivity index (χ3v) is 10.0. The summed E-state index contributed by atoms with van der Waals surface area (Å²) in [6.45, 7) is 9.12. The monoisotopic (exact) mass is 638 g/mol. The maximum atomic E-state index is 4.67. The van der Waals surface area contributed by atoms with Gasteiger partial charge in [0.05, 0.1) is 22.4 Å². The highest BCUT2D eigenvalue weighted by atomic mass is 15.4. The lowest BCUT2D eigenvalue weighted by Crippen LogP contribution is -2.22. The first-order valence-corrected chi connectivity index (χ1v) is 16.8. The van der Waals surface area contributed by atoms with E-state index in [1.807, 2.05) is 45.8 Å². The minimum Gasteiger partial charge on any atom is -0.213 e. The molecule has 0 spiro atoms. The van der Waals surface area contributed by atoms with E-state index >= 15 is 0 Å². The molecule has 8 aromatic rings. The van der Waals surface area contributed by atoms with E-state index in [0.29, 0.717) is 0 Å². The van der Waals surface area contributed by atoms with E-state index in [4.69, 9.17) is 0 Å². The van der Waals surface area contributed by atoms with Crippen molar-refractivity contribution >= 4 is 22.1 Å². The Morgan fingerprint density at radius 3 is 1.27 bits per heavy atom. The fourth-order valence-electron chi connectivity index (χ4n) is 7.13.